The van der Waals surface area contributed by atoms with Gasteiger partial charge in [-0.15, -0.1) is 0 Å². The summed E-state index contributed by atoms with van der Waals surface area (Å²) in [6.07, 6.45) is 0. The summed E-state index contributed by atoms with van der Waals surface area (Å²) in [5.74, 6) is 6.68. The third kappa shape index (κ3) is 6.25. The van der Waals surface area contributed by atoms with E-state index in [0.29, 0.717) is 33.0 Å². The molecule has 0 spiro atoms. The van der Waals surface area contributed by atoms with Gasteiger partial charge in [-0.25, -0.2) is 0 Å². The molecule has 4 nitrogen and oxygen atoms in total. The zero-order valence-corrected chi connectivity index (χ0v) is 11.6. The molecule has 1 rings (SSSR count). The molecule has 0 aliphatic carbocycles. The van der Waals surface area contributed by atoms with Gasteiger partial charge in [0, 0.05) is 12.7 Å². The predicted octanol–water partition coefficient (Wildman–Crippen LogP) is 1.35. The molecule has 0 fully saturated rings. The smallest absolute Gasteiger partial charge is 0.122 e. The largest absolute Gasteiger partial charge is 0.491 e. The normalized spacial score (nSPS) is 9.84. The summed E-state index contributed by atoms with van der Waals surface area (Å²) in [4.78, 5) is 0. The molecule has 19 heavy (non-hydrogen) atoms. The van der Waals surface area contributed by atoms with Crippen LogP contribution in [0.5, 0.6) is 5.75 Å². The molecule has 0 bridgehead atoms. The minimum atomic E-state index is 0.371. The van der Waals surface area contributed by atoms with Gasteiger partial charge in [0.2, 0.25) is 0 Å². The Bertz CT molecular complexity index is 435. The number of hydrogen-bond donors (Lipinski definition) is 1. The fourth-order valence-electron chi connectivity index (χ4n) is 1.50. The lowest BCUT2D eigenvalue weighted by Crippen LogP contribution is -2.10. The summed E-state index contributed by atoms with van der Waals surface area (Å²) in [7, 11) is 1.65. The topological polar surface area (TPSA) is 53.7 Å². The van der Waals surface area contributed by atoms with Crippen molar-refractivity contribution in [3.05, 3.63) is 29.3 Å². The predicted molar refractivity (Wildman–Crippen MR) is 75.3 cm³/mol. The Morgan fingerprint density at radius 1 is 1.16 bits per heavy atom. The minimum absolute atomic E-state index is 0.371. The molecule has 2 N–H and O–H groups in total. The zero-order chi connectivity index (χ0) is 13.9. The highest BCUT2D eigenvalue weighted by Crippen LogP contribution is 2.18. The molecule has 1 aromatic carbocycles. The van der Waals surface area contributed by atoms with E-state index in [1.807, 2.05) is 25.1 Å². The van der Waals surface area contributed by atoms with Crippen molar-refractivity contribution < 1.29 is 14.2 Å². The quantitative estimate of drug-likeness (QED) is 0.596. The van der Waals surface area contributed by atoms with E-state index in [0.717, 1.165) is 16.9 Å². The molecule has 0 saturated heterocycles. The van der Waals surface area contributed by atoms with E-state index in [-0.39, 0.29) is 0 Å². The van der Waals surface area contributed by atoms with E-state index in [9.17, 15) is 0 Å². The van der Waals surface area contributed by atoms with Crippen molar-refractivity contribution in [2.45, 2.75) is 6.92 Å². The van der Waals surface area contributed by atoms with Crippen LogP contribution < -0.4 is 10.5 Å². The van der Waals surface area contributed by atoms with E-state index in [4.69, 9.17) is 19.9 Å². The maximum atomic E-state index is 5.64. The van der Waals surface area contributed by atoms with Crippen LogP contribution >= 0.6 is 0 Å². The van der Waals surface area contributed by atoms with E-state index in [1.54, 1.807) is 7.11 Å². The van der Waals surface area contributed by atoms with Gasteiger partial charge in [-0.2, -0.15) is 0 Å². The molecule has 0 aliphatic rings. The second-order valence-corrected chi connectivity index (χ2v) is 3.94. The average Bonchev–Trinajstić information content (AvgIpc) is 2.42. The van der Waals surface area contributed by atoms with Crippen LogP contribution in [0.3, 0.4) is 0 Å². The van der Waals surface area contributed by atoms with Gasteiger partial charge in [0.25, 0.3) is 0 Å². The maximum Gasteiger partial charge on any atom is 0.122 e. The van der Waals surface area contributed by atoms with E-state index >= 15 is 0 Å². The van der Waals surface area contributed by atoms with Crippen molar-refractivity contribution >= 4 is 0 Å². The van der Waals surface area contributed by atoms with Crippen molar-refractivity contribution in [3.8, 4) is 17.6 Å². The molecule has 0 heterocycles. The summed E-state index contributed by atoms with van der Waals surface area (Å²) in [5, 5.41) is 0. The van der Waals surface area contributed by atoms with Gasteiger partial charge in [-0.1, -0.05) is 11.8 Å². The number of benzene rings is 1. The number of hydrogen-bond acceptors (Lipinski definition) is 4. The van der Waals surface area contributed by atoms with Gasteiger partial charge < -0.3 is 19.9 Å². The van der Waals surface area contributed by atoms with Gasteiger partial charge in [-0.3, -0.25) is 0 Å². The number of methoxy groups -OCH3 is 1. The van der Waals surface area contributed by atoms with Crippen molar-refractivity contribution in [2.75, 3.05) is 40.1 Å². The molecule has 0 unspecified atom stereocenters. The molecule has 0 atom stereocenters. The Morgan fingerprint density at radius 3 is 2.63 bits per heavy atom. The van der Waals surface area contributed by atoms with Crippen molar-refractivity contribution in [1.82, 2.24) is 0 Å². The zero-order valence-electron chi connectivity index (χ0n) is 11.6. The number of rotatable bonds is 7. The third-order valence-corrected chi connectivity index (χ3v) is 2.43. The molecular formula is C15H21NO3. The average molecular weight is 263 g/mol. The molecular weight excluding hydrogens is 242 g/mol. The van der Waals surface area contributed by atoms with Crippen LogP contribution in [0.2, 0.25) is 0 Å². The lowest BCUT2D eigenvalue weighted by atomic mass is 10.1. The second kappa shape index (κ2) is 9.40. The minimum Gasteiger partial charge on any atom is -0.491 e. The van der Waals surface area contributed by atoms with Crippen LogP contribution in [-0.4, -0.2) is 40.1 Å². The Morgan fingerprint density at radius 2 is 1.95 bits per heavy atom. The summed E-state index contributed by atoms with van der Waals surface area (Å²) < 4.78 is 15.8. The van der Waals surface area contributed by atoms with Crippen LogP contribution in [0.4, 0.5) is 0 Å². The maximum absolute atomic E-state index is 5.64. The van der Waals surface area contributed by atoms with Gasteiger partial charge in [0.05, 0.1) is 26.4 Å². The monoisotopic (exact) mass is 263 g/mol. The van der Waals surface area contributed by atoms with Gasteiger partial charge in [0.1, 0.15) is 12.4 Å². The van der Waals surface area contributed by atoms with E-state index < -0.39 is 0 Å². The first-order chi connectivity index (χ1) is 9.27. The summed E-state index contributed by atoms with van der Waals surface area (Å²) in [5.41, 5.74) is 7.35. The highest BCUT2D eigenvalue weighted by molar-refractivity contribution is 5.43. The first-order valence-electron chi connectivity index (χ1n) is 6.27. The fraction of sp³-hybridized carbons (Fsp3) is 0.467. The fourth-order valence-corrected chi connectivity index (χ4v) is 1.50. The van der Waals surface area contributed by atoms with Crippen molar-refractivity contribution in [3.63, 3.8) is 0 Å². The van der Waals surface area contributed by atoms with Gasteiger partial charge in [0.15, 0.2) is 0 Å². The standard InChI is InChI=1S/C15H21NO3/c1-13-12-14(4-3-7-16)5-6-15(13)19-11-10-18-9-8-17-2/h5-6,12H,7-11,16H2,1-2H3. The molecule has 0 amide bonds. The molecule has 4 heteroatoms. The van der Waals surface area contributed by atoms with Crippen molar-refractivity contribution in [2.24, 2.45) is 5.73 Å². The molecule has 1 aromatic rings. The molecule has 0 aromatic heterocycles. The lowest BCUT2D eigenvalue weighted by Gasteiger charge is -2.09. The van der Waals surface area contributed by atoms with Crippen LogP contribution in [0.1, 0.15) is 11.1 Å². The highest BCUT2D eigenvalue weighted by Gasteiger charge is 2.00. The molecule has 104 valence electrons. The number of aryl methyl sites for hydroxylation is 1. The first kappa shape index (κ1) is 15.5. The second-order valence-electron chi connectivity index (χ2n) is 3.94. The Hall–Kier alpha value is -1.54. The molecule has 0 saturated carbocycles. The number of nitrogens with two attached hydrogens (primary N) is 1. The highest BCUT2D eigenvalue weighted by atomic mass is 16.5. The van der Waals surface area contributed by atoms with Crippen LogP contribution in [0.15, 0.2) is 18.2 Å². The lowest BCUT2D eigenvalue weighted by molar-refractivity contribution is 0.0543. The summed E-state index contributed by atoms with van der Waals surface area (Å²) in [6, 6.07) is 5.84. The molecule has 0 radical (unpaired) electrons. The molecule has 0 aliphatic heterocycles. The number of ether oxygens (including phenoxy) is 3. The Balaban J connectivity index is 2.38. The van der Waals surface area contributed by atoms with Gasteiger partial charge in [-0.05, 0) is 30.7 Å². The SMILES string of the molecule is COCCOCCOc1ccc(C#CCN)cc1C. The van der Waals surface area contributed by atoms with Crippen LogP contribution in [0, 0.1) is 18.8 Å². The summed E-state index contributed by atoms with van der Waals surface area (Å²) >= 11 is 0. The van der Waals surface area contributed by atoms with Crippen LogP contribution in [-0.2, 0) is 9.47 Å². The summed E-state index contributed by atoms with van der Waals surface area (Å²) in [6.45, 7) is 4.64. The van der Waals surface area contributed by atoms with Crippen LogP contribution in [0.25, 0.3) is 0 Å². The Kier molecular flexibility index (Phi) is 7.68. The van der Waals surface area contributed by atoms with E-state index in [1.165, 1.54) is 0 Å². The van der Waals surface area contributed by atoms with Gasteiger partial charge >= 0.3 is 0 Å². The third-order valence-electron chi connectivity index (χ3n) is 2.43. The Labute approximate surface area is 114 Å². The van der Waals surface area contributed by atoms with Crippen molar-refractivity contribution in [1.29, 1.82) is 0 Å². The first-order valence-corrected chi connectivity index (χ1v) is 6.27. The van der Waals surface area contributed by atoms with E-state index in [2.05, 4.69) is 11.8 Å².